The number of aromatic nitrogens is 3. The summed E-state index contributed by atoms with van der Waals surface area (Å²) in [5, 5.41) is 12.2. The van der Waals surface area contributed by atoms with Crippen LogP contribution in [0.15, 0.2) is 17.3 Å². The first-order valence-electron chi connectivity index (χ1n) is 7.60. The Labute approximate surface area is 156 Å². The number of methoxy groups -OCH3 is 2. The number of nitrogens with zero attached hydrogens (tertiary/aromatic N) is 3. The van der Waals surface area contributed by atoms with E-state index in [1.54, 1.807) is 12.1 Å². The maximum Gasteiger partial charge on any atom is 0.234 e. The quantitative estimate of drug-likeness (QED) is 0.737. The molecule has 0 aliphatic rings. The first-order chi connectivity index (χ1) is 11.9. The maximum atomic E-state index is 12.3. The zero-order valence-corrected chi connectivity index (χ0v) is 16.4. The summed E-state index contributed by atoms with van der Waals surface area (Å²) in [6, 6.07) is 3.23. The van der Waals surface area contributed by atoms with E-state index >= 15 is 0 Å². The van der Waals surface area contributed by atoms with Crippen LogP contribution in [0, 0.1) is 0 Å². The van der Waals surface area contributed by atoms with E-state index in [1.165, 1.54) is 26.0 Å². The van der Waals surface area contributed by atoms with Gasteiger partial charge < -0.3 is 19.4 Å². The Hall–Kier alpha value is -1.93. The van der Waals surface area contributed by atoms with Crippen LogP contribution in [0.2, 0.25) is 5.02 Å². The van der Waals surface area contributed by atoms with Crippen LogP contribution in [0.3, 0.4) is 0 Å². The van der Waals surface area contributed by atoms with Crippen molar-refractivity contribution in [2.45, 2.75) is 24.9 Å². The summed E-state index contributed by atoms with van der Waals surface area (Å²) in [5.74, 6) is 2.07. The molecule has 1 aromatic heterocycles. The van der Waals surface area contributed by atoms with Crippen molar-refractivity contribution < 1.29 is 14.3 Å². The highest BCUT2D eigenvalue weighted by molar-refractivity contribution is 7.99. The minimum atomic E-state index is -0.193. The number of ether oxygens (including phenoxy) is 2. The molecule has 1 N–H and O–H groups in total. The Bertz CT molecular complexity index is 764. The summed E-state index contributed by atoms with van der Waals surface area (Å²) in [6.07, 6.45) is 0. The van der Waals surface area contributed by atoms with Crippen LogP contribution in [0.4, 0.5) is 5.69 Å². The molecule has 7 nitrogen and oxygen atoms in total. The SMILES string of the molecule is COc1cc(NC(=O)CSc2nnc(C(C)C)n2C)c(OC)cc1Cl. The normalized spacial score (nSPS) is 10.8. The summed E-state index contributed by atoms with van der Waals surface area (Å²) in [6.45, 7) is 4.09. The van der Waals surface area contributed by atoms with Gasteiger partial charge in [0.25, 0.3) is 0 Å². The van der Waals surface area contributed by atoms with Crippen molar-refractivity contribution in [2.75, 3.05) is 25.3 Å². The molecule has 0 radical (unpaired) electrons. The third-order valence-electron chi connectivity index (χ3n) is 3.47. The molecule has 0 fully saturated rings. The van der Waals surface area contributed by atoms with E-state index < -0.39 is 0 Å². The Balaban J connectivity index is 2.06. The summed E-state index contributed by atoms with van der Waals surface area (Å²) in [7, 11) is 4.91. The molecule has 2 aromatic rings. The van der Waals surface area contributed by atoms with Gasteiger partial charge in [0, 0.05) is 25.1 Å². The van der Waals surface area contributed by atoms with Gasteiger partial charge in [-0.3, -0.25) is 4.79 Å². The lowest BCUT2D eigenvalue weighted by Crippen LogP contribution is -2.15. The number of anilines is 1. The van der Waals surface area contributed by atoms with Crippen molar-refractivity contribution in [3.8, 4) is 11.5 Å². The number of benzene rings is 1. The van der Waals surface area contributed by atoms with E-state index in [-0.39, 0.29) is 17.6 Å². The molecular formula is C16H21ClN4O3S. The largest absolute Gasteiger partial charge is 0.495 e. The van der Waals surface area contributed by atoms with Crippen LogP contribution in [-0.2, 0) is 11.8 Å². The maximum absolute atomic E-state index is 12.3. The summed E-state index contributed by atoms with van der Waals surface area (Å²) in [5.41, 5.74) is 0.496. The van der Waals surface area contributed by atoms with Gasteiger partial charge in [0.1, 0.15) is 17.3 Å². The van der Waals surface area contributed by atoms with E-state index in [9.17, 15) is 4.79 Å². The zero-order chi connectivity index (χ0) is 18.6. The number of rotatable bonds is 7. The minimum Gasteiger partial charge on any atom is -0.495 e. The number of halogens is 1. The standard InChI is InChI=1S/C16H21ClN4O3S/c1-9(2)15-19-20-16(21(15)3)25-8-14(22)18-11-7-12(23-4)10(17)6-13(11)24-5/h6-7,9H,8H2,1-5H3,(H,18,22). The Morgan fingerprint density at radius 2 is 1.96 bits per heavy atom. The van der Waals surface area contributed by atoms with E-state index in [1.807, 2.05) is 25.5 Å². The average Bonchev–Trinajstić information content (AvgIpc) is 2.95. The molecule has 0 unspecified atom stereocenters. The molecule has 0 aliphatic heterocycles. The second-order valence-electron chi connectivity index (χ2n) is 5.58. The van der Waals surface area contributed by atoms with Crippen molar-refractivity contribution >= 4 is 35.0 Å². The molecule has 136 valence electrons. The van der Waals surface area contributed by atoms with Crippen molar-refractivity contribution in [1.29, 1.82) is 0 Å². The third-order valence-corrected chi connectivity index (χ3v) is 4.78. The zero-order valence-electron chi connectivity index (χ0n) is 14.8. The number of carbonyl (C=O) groups excluding carboxylic acids is 1. The molecule has 0 saturated heterocycles. The molecule has 0 bridgehead atoms. The molecule has 1 heterocycles. The van der Waals surface area contributed by atoms with Crippen LogP contribution in [0.1, 0.15) is 25.6 Å². The molecule has 9 heteroatoms. The average molecular weight is 385 g/mol. The summed E-state index contributed by atoms with van der Waals surface area (Å²) in [4.78, 5) is 12.3. The van der Waals surface area contributed by atoms with Gasteiger partial charge in [-0.05, 0) is 0 Å². The molecule has 25 heavy (non-hydrogen) atoms. The minimum absolute atomic E-state index is 0.193. The fourth-order valence-electron chi connectivity index (χ4n) is 2.23. The molecule has 1 amide bonds. The Kier molecular flexibility index (Phi) is 6.55. The number of hydrogen-bond acceptors (Lipinski definition) is 6. The van der Waals surface area contributed by atoms with E-state index in [4.69, 9.17) is 21.1 Å². The van der Waals surface area contributed by atoms with Gasteiger partial charge in [-0.15, -0.1) is 10.2 Å². The fourth-order valence-corrected chi connectivity index (χ4v) is 3.18. The highest BCUT2D eigenvalue weighted by Gasteiger charge is 2.16. The monoisotopic (exact) mass is 384 g/mol. The molecular weight excluding hydrogens is 364 g/mol. The van der Waals surface area contributed by atoms with Gasteiger partial charge in [0.2, 0.25) is 5.91 Å². The van der Waals surface area contributed by atoms with E-state index in [0.29, 0.717) is 27.4 Å². The van der Waals surface area contributed by atoms with Crippen molar-refractivity contribution in [1.82, 2.24) is 14.8 Å². The number of carbonyl (C=O) groups is 1. The summed E-state index contributed by atoms with van der Waals surface area (Å²) < 4.78 is 12.3. The van der Waals surface area contributed by atoms with Crippen LogP contribution in [0.5, 0.6) is 11.5 Å². The molecule has 0 atom stereocenters. The van der Waals surface area contributed by atoms with E-state index in [2.05, 4.69) is 15.5 Å². The molecule has 2 rings (SSSR count). The van der Waals surface area contributed by atoms with Crippen LogP contribution in [-0.4, -0.2) is 40.6 Å². The van der Waals surface area contributed by atoms with Crippen LogP contribution < -0.4 is 14.8 Å². The number of thioether (sulfide) groups is 1. The molecule has 1 aromatic carbocycles. The Morgan fingerprint density at radius 3 is 2.52 bits per heavy atom. The van der Waals surface area contributed by atoms with Gasteiger partial charge in [0.15, 0.2) is 5.16 Å². The lowest BCUT2D eigenvalue weighted by Gasteiger charge is -2.13. The number of nitrogens with one attached hydrogen (secondary N) is 1. The summed E-state index contributed by atoms with van der Waals surface area (Å²) >= 11 is 7.38. The van der Waals surface area contributed by atoms with Crippen LogP contribution >= 0.6 is 23.4 Å². The fraction of sp³-hybridized carbons (Fsp3) is 0.438. The predicted octanol–water partition coefficient (Wildman–Crippen LogP) is 3.34. The van der Waals surface area contributed by atoms with Crippen molar-refractivity contribution in [3.63, 3.8) is 0 Å². The lowest BCUT2D eigenvalue weighted by molar-refractivity contribution is -0.113. The highest BCUT2D eigenvalue weighted by Crippen LogP contribution is 2.36. The first kappa shape index (κ1) is 19.4. The van der Waals surface area contributed by atoms with Crippen molar-refractivity contribution in [2.24, 2.45) is 7.05 Å². The Morgan fingerprint density at radius 1 is 1.28 bits per heavy atom. The van der Waals surface area contributed by atoms with Crippen molar-refractivity contribution in [3.05, 3.63) is 23.0 Å². The third kappa shape index (κ3) is 4.58. The second-order valence-corrected chi connectivity index (χ2v) is 6.93. The van der Waals surface area contributed by atoms with Gasteiger partial charge in [-0.25, -0.2) is 0 Å². The second kappa shape index (κ2) is 8.44. The molecule has 0 saturated carbocycles. The number of amides is 1. The topological polar surface area (TPSA) is 78.3 Å². The highest BCUT2D eigenvalue weighted by atomic mass is 35.5. The lowest BCUT2D eigenvalue weighted by atomic mass is 10.2. The smallest absolute Gasteiger partial charge is 0.234 e. The van der Waals surface area contributed by atoms with Gasteiger partial charge >= 0.3 is 0 Å². The predicted molar refractivity (Wildman–Crippen MR) is 99.0 cm³/mol. The van der Waals surface area contributed by atoms with Gasteiger partial charge in [-0.2, -0.15) is 0 Å². The van der Waals surface area contributed by atoms with Gasteiger partial charge in [0.05, 0.1) is 30.7 Å². The van der Waals surface area contributed by atoms with Crippen LogP contribution in [0.25, 0.3) is 0 Å². The number of hydrogen-bond donors (Lipinski definition) is 1. The molecule has 0 aliphatic carbocycles. The first-order valence-corrected chi connectivity index (χ1v) is 8.97. The van der Waals surface area contributed by atoms with Gasteiger partial charge in [-0.1, -0.05) is 37.2 Å². The van der Waals surface area contributed by atoms with E-state index in [0.717, 1.165) is 5.82 Å². The molecule has 0 spiro atoms.